The molecule has 8 heteroatoms. The zero-order valence-corrected chi connectivity index (χ0v) is 41.3. The molecule has 0 spiro atoms. The zero-order valence-electron chi connectivity index (χ0n) is 39.5. The molecule has 0 aromatic heterocycles. The van der Waals surface area contributed by atoms with Crippen molar-refractivity contribution < 1.29 is 0 Å². The van der Waals surface area contributed by atoms with Gasteiger partial charge in [-0.25, -0.2) is 9.34 Å². The number of benzene rings is 4. The highest BCUT2D eigenvalue weighted by Crippen LogP contribution is 2.75. The van der Waals surface area contributed by atoms with Crippen molar-refractivity contribution in [2.45, 2.75) is 163 Å². The Morgan fingerprint density at radius 3 is 0.603 bits per heavy atom. The SMILES string of the molecule is Cc1cc(C)c(N2C(=C3N(c4c(C)cc(C)cc4C)P(N(C(C)C)C(C)C)N3c3c(C)cc(C)cc3C)N(c3c(C)cc(C)cc3C)P2N(C(C)C)C(C)C)c(C)c1. The van der Waals surface area contributed by atoms with Gasteiger partial charge < -0.3 is 0 Å². The molecule has 58 heavy (non-hydrogen) atoms. The molecule has 2 saturated heterocycles. The van der Waals surface area contributed by atoms with Gasteiger partial charge in [0, 0.05) is 24.2 Å². The minimum absolute atomic E-state index is 0.325. The molecule has 0 bridgehead atoms. The molecule has 2 aliphatic rings. The average molecular weight is 819 g/mol. The van der Waals surface area contributed by atoms with Crippen molar-refractivity contribution in [1.82, 2.24) is 9.34 Å². The van der Waals surface area contributed by atoms with Crippen molar-refractivity contribution in [3.05, 3.63) is 127 Å². The predicted octanol–water partition coefficient (Wildman–Crippen LogP) is 14.6. The lowest BCUT2D eigenvalue weighted by molar-refractivity contribution is 0.316. The molecule has 0 N–H and O–H groups in total. The van der Waals surface area contributed by atoms with Crippen LogP contribution in [0.3, 0.4) is 0 Å². The molecule has 0 amide bonds. The molecule has 0 radical (unpaired) electrons. The number of rotatable bonds is 10. The van der Waals surface area contributed by atoms with E-state index in [4.69, 9.17) is 0 Å². The Bertz CT molecular complexity index is 1850. The van der Waals surface area contributed by atoms with Gasteiger partial charge in [0.1, 0.15) is 0 Å². The minimum Gasteiger partial charge on any atom is -0.271 e. The van der Waals surface area contributed by atoms with Gasteiger partial charge in [-0.15, -0.1) is 0 Å². The quantitative estimate of drug-likeness (QED) is 0.147. The molecule has 4 aromatic rings. The first kappa shape index (κ1) is 44.2. The first-order chi connectivity index (χ1) is 27.1. The lowest BCUT2D eigenvalue weighted by Crippen LogP contribution is -2.61. The lowest BCUT2D eigenvalue weighted by atomic mass is 10.0. The summed E-state index contributed by atoms with van der Waals surface area (Å²) in [6.45, 7) is 46.7. The molecular weight excluding hydrogens is 747 g/mol. The summed E-state index contributed by atoms with van der Waals surface area (Å²) >= 11 is 0. The Balaban J connectivity index is 1.88. The molecule has 0 aliphatic carbocycles. The number of hydrogen-bond acceptors (Lipinski definition) is 6. The molecule has 6 rings (SSSR count). The van der Waals surface area contributed by atoms with Crippen molar-refractivity contribution in [3.63, 3.8) is 0 Å². The van der Waals surface area contributed by atoms with Gasteiger partial charge in [0.25, 0.3) is 0 Å². The Labute approximate surface area is 355 Å². The summed E-state index contributed by atoms with van der Waals surface area (Å²) in [4.78, 5) is 0. The van der Waals surface area contributed by atoms with Crippen LogP contribution in [0.4, 0.5) is 22.7 Å². The summed E-state index contributed by atoms with van der Waals surface area (Å²) in [5.74, 6) is 2.54. The fourth-order valence-electron chi connectivity index (χ4n) is 10.2. The van der Waals surface area contributed by atoms with Crippen LogP contribution in [0.1, 0.15) is 122 Å². The monoisotopic (exact) mass is 819 g/mol. The topological polar surface area (TPSA) is 19.4 Å². The largest absolute Gasteiger partial charge is 0.271 e. The van der Waals surface area contributed by atoms with Gasteiger partial charge >= 0.3 is 0 Å². The molecule has 2 aliphatic heterocycles. The third-order valence-corrected chi connectivity index (χ3v) is 17.3. The van der Waals surface area contributed by atoms with E-state index in [9.17, 15) is 0 Å². The second-order valence-corrected chi connectivity index (χ2v) is 22.2. The summed E-state index contributed by atoms with van der Waals surface area (Å²) in [7, 11) is -2.07. The molecule has 0 unspecified atom stereocenters. The van der Waals surface area contributed by atoms with Crippen LogP contribution in [-0.4, -0.2) is 33.5 Å². The molecule has 2 heterocycles. The van der Waals surface area contributed by atoms with Crippen LogP contribution in [0, 0.1) is 83.1 Å². The molecule has 312 valence electrons. The van der Waals surface area contributed by atoms with E-state index >= 15 is 0 Å². The van der Waals surface area contributed by atoms with E-state index in [0.29, 0.717) is 24.2 Å². The molecule has 4 aromatic carbocycles. The van der Waals surface area contributed by atoms with Crippen LogP contribution in [0.5, 0.6) is 0 Å². The van der Waals surface area contributed by atoms with E-state index in [1.54, 1.807) is 0 Å². The Hall–Kier alpha value is -3.40. The number of hydrogen-bond donors (Lipinski definition) is 0. The minimum atomic E-state index is -1.04. The van der Waals surface area contributed by atoms with E-state index in [2.05, 4.69) is 215 Å². The van der Waals surface area contributed by atoms with Crippen molar-refractivity contribution in [2.75, 3.05) is 18.7 Å². The van der Waals surface area contributed by atoms with Crippen LogP contribution in [0.25, 0.3) is 0 Å². The van der Waals surface area contributed by atoms with Gasteiger partial charge in [0.15, 0.2) is 28.4 Å². The first-order valence-corrected chi connectivity index (χ1v) is 23.9. The number of aryl methyl sites for hydroxylation is 12. The fourth-order valence-corrected chi connectivity index (χ4v) is 16.2. The van der Waals surface area contributed by atoms with Crippen molar-refractivity contribution in [3.8, 4) is 0 Å². The summed E-state index contributed by atoms with van der Waals surface area (Å²) in [6.07, 6.45) is 0. The Kier molecular flexibility index (Phi) is 12.6. The molecule has 0 saturated carbocycles. The lowest BCUT2D eigenvalue weighted by Gasteiger charge is -2.66. The van der Waals surface area contributed by atoms with E-state index in [1.807, 2.05) is 0 Å². The van der Waals surface area contributed by atoms with E-state index in [1.165, 1.54) is 101 Å². The number of nitrogens with zero attached hydrogens (tertiary/aromatic N) is 6. The van der Waals surface area contributed by atoms with Crippen LogP contribution >= 0.6 is 16.7 Å². The highest BCUT2D eigenvalue weighted by molar-refractivity contribution is 7.63. The van der Waals surface area contributed by atoms with Crippen molar-refractivity contribution >= 4 is 39.5 Å². The summed E-state index contributed by atoms with van der Waals surface area (Å²) < 4.78 is 16.8. The van der Waals surface area contributed by atoms with Gasteiger partial charge in [0.2, 0.25) is 0 Å². The summed E-state index contributed by atoms with van der Waals surface area (Å²) in [5, 5.41) is 0. The maximum atomic E-state index is 2.80. The Morgan fingerprint density at radius 2 is 0.466 bits per heavy atom. The van der Waals surface area contributed by atoms with Crippen molar-refractivity contribution in [2.24, 2.45) is 0 Å². The maximum Gasteiger partial charge on any atom is 0.191 e. The molecule has 6 nitrogen and oxygen atoms in total. The molecule has 0 atom stereocenters. The van der Waals surface area contributed by atoms with Gasteiger partial charge in [-0.1, -0.05) is 70.8 Å². The van der Waals surface area contributed by atoms with Gasteiger partial charge in [0.05, 0.1) is 22.7 Å². The molecule has 2 fully saturated rings. The average Bonchev–Trinajstić information content (AvgIpc) is 3.05. The maximum absolute atomic E-state index is 2.80. The second kappa shape index (κ2) is 16.6. The van der Waals surface area contributed by atoms with Crippen molar-refractivity contribution in [1.29, 1.82) is 0 Å². The standard InChI is InChI=1S/C50H72N6P2/c1-29(2)51(30(3)4)57-53(45-37(13)21-33(9)22-38(45)14)49(54(57)46-39(15)23-34(10)24-40(46)16)50-55(47-41(17)25-35(11)26-42(47)18)58(52(31(5)6)32(7)8)56(50)48-43(19)27-36(12)28-44(48)20/h21-32H,1-20H3. The second-order valence-electron chi connectivity index (χ2n) is 18.6. The van der Waals surface area contributed by atoms with Crippen LogP contribution in [0.15, 0.2) is 60.2 Å². The van der Waals surface area contributed by atoms with E-state index in [0.717, 1.165) is 0 Å². The third kappa shape index (κ3) is 7.51. The predicted molar refractivity (Wildman–Crippen MR) is 258 cm³/mol. The highest BCUT2D eigenvalue weighted by Gasteiger charge is 2.60. The fraction of sp³-hybridized carbons (Fsp3) is 0.480. The highest BCUT2D eigenvalue weighted by atomic mass is 31.2. The van der Waals surface area contributed by atoms with E-state index in [-0.39, 0.29) is 0 Å². The zero-order chi connectivity index (χ0) is 43.0. The third-order valence-electron chi connectivity index (χ3n) is 11.6. The smallest absolute Gasteiger partial charge is 0.191 e. The molecular formula is C50H72N6P2. The van der Waals surface area contributed by atoms with Crippen LogP contribution in [0.2, 0.25) is 0 Å². The Morgan fingerprint density at radius 1 is 0.310 bits per heavy atom. The van der Waals surface area contributed by atoms with Crippen LogP contribution in [-0.2, 0) is 0 Å². The van der Waals surface area contributed by atoms with Crippen LogP contribution < -0.4 is 18.7 Å². The van der Waals surface area contributed by atoms with Gasteiger partial charge in [-0.3, -0.25) is 18.7 Å². The normalized spacial score (nSPS) is 17.3. The van der Waals surface area contributed by atoms with Gasteiger partial charge in [-0.2, -0.15) is 0 Å². The first-order valence-electron chi connectivity index (χ1n) is 21.5. The summed E-state index contributed by atoms with van der Waals surface area (Å²) in [6, 6.07) is 20.4. The number of anilines is 4. The van der Waals surface area contributed by atoms with E-state index < -0.39 is 16.7 Å². The van der Waals surface area contributed by atoms with Gasteiger partial charge in [-0.05, 0) is 183 Å². The summed E-state index contributed by atoms with van der Waals surface area (Å²) in [5.41, 5.74) is 21.1.